The standard InChI is InChI=1S/C20H26N2O/c1-14(2)12-16-4-8-18(9-5-16)15(3)22-13-17-6-10-19(11-7-17)20(21)23/h4-11,14-15,22H,12-13H2,1-3H3,(H2,21,23)/t15-/m1/s1. The van der Waals surface area contributed by atoms with Gasteiger partial charge in [-0.15, -0.1) is 0 Å². The maximum absolute atomic E-state index is 11.1. The van der Waals surface area contributed by atoms with Crippen LogP contribution < -0.4 is 11.1 Å². The van der Waals surface area contributed by atoms with Gasteiger partial charge in [-0.25, -0.2) is 0 Å². The summed E-state index contributed by atoms with van der Waals surface area (Å²) in [5.41, 5.74) is 9.60. The molecule has 0 aliphatic rings. The first kappa shape index (κ1) is 17.2. The smallest absolute Gasteiger partial charge is 0.248 e. The van der Waals surface area contributed by atoms with E-state index < -0.39 is 0 Å². The molecule has 0 spiro atoms. The lowest BCUT2D eigenvalue weighted by Crippen LogP contribution is -2.18. The fraction of sp³-hybridized carbons (Fsp3) is 0.350. The highest BCUT2D eigenvalue weighted by Crippen LogP contribution is 2.16. The highest BCUT2D eigenvalue weighted by atomic mass is 16.1. The molecule has 0 fully saturated rings. The number of nitrogens with one attached hydrogen (secondary N) is 1. The molecule has 23 heavy (non-hydrogen) atoms. The van der Waals surface area contributed by atoms with Gasteiger partial charge < -0.3 is 11.1 Å². The molecule has 0 bridgehead atoms. The highest BCUT2D eigenvalue weighted by Gasteiger charge is 2.06. The first-order chi connectivity index (χ1) is 11.0. The molecule has 1 atom stereocenters. The maximum Gasteiger partial charge on any atom is 0.248 e. The van der Waals surface area contributed by atoms with Crippen molar-refractivity contribution in [1.82, 2.24) is 5.32 Å². The van der Waals surface area contributed by atoms with E-state index in [1.165, 1.54) is 11.1 Å². The number of benzene rings is 2. The average molecular weight is 310 g/mol. The Kier molecular flexibility index (Phi) is 5.94. The lowest BCUT2D eigenvalue weighted by atomic mass is 10.00. The van der Waals surface area contributed by atoms with Crippen molar-refractivity contribution in [2.75, 3.05) is 0 Å². The number of amides is 1. The SMILES string of the molecule is CC(C)Cc1ccc([C@@H](C)NCc2ccc(C(N)=O)cc2)cc1. The van der Waals surface area contributed by atoms with Crippen molar-refractivity contribution in [3.63, 3.8) is 0 Å². The summed E-state index contributed by atoms with van der Waals surface area (Å²) >= 11 is 0. The van der Waals surface area contributed by atoms with Crippen molar-refractivity contribution < 1.29 is 4.79 Å². The zero-order valence-corrected chi connectivity index (χ0v) is 14.2. The minimum absolute atomic E-state index is 0.277. The second kappa shape index (κ2) is 7.93. The van der Waals surface area contributed by atoms with E-state index in [1.807, 2.05) is 12.1 Å². The Balaban J connectivity index is 1.91. The van der Waals surface area contributed by atoms with E-state index in [1.54, 1.807) is 12.1 Å². The molecular formula is C20H26N2O. The van der Waals surface area contributed by atoms with Crippen LogP contribution in [0.25, 0.3) is 0 Å². The molecule has 0 saturated heterocycles. The van der Waals surface area contributed by atoms with Gasteiger partial charge in [0.2, 0.25) is 5.91 Å². The summed E-state index contributed by atoms with van der Waals surface area (Å²) in [7, 11) is 0. The number of primary amides is 1. The molecule has 0 radical (unpaired) electrons. The summed E-state index contributed by atoms with van der Waals surface area (Å²) in [5, 5.41) is 3.51. The fourth-order valence-electron chi connectivity index (χ4n) is 2.59. The molecular weight excluding hydrogens is 284 g/mol. The number of carbonyl (C=O) groups excluding carboxylic acids is 1. The fourth-order valence-corrected chi connectivity index (χ4v) is 2.59. The van der Waals surface area contributed by atoms with Crippen LogP contribution in [0.15, 0.2) is 48.5 Å². The summed E-state index contributed by atoms with van der Waals surface area (Å²) in [6, 6.07) is 16.5. The van der Waals surface area contributed by atoms with Crippen LogP contribution in [0, 0.1) is 5.92 Å². The van der Waals surface area contributed by atoms with Crippen molar-refractivity contribution in [2.24, 2.45) is 11.7 Å². The number of hydrogen-bond donors (Lipinski definition) is 2. The van der Waals surface area contributed by atoms with Crippen LogP contribution in [-0.4, -0.2) is 5.91 Å². The van der Waals surface area contributed by atoms with Crippen LogP contribution in [0.4, 0.5) is 0 Å². The zero-order valence-electron chi connectivity index (χ0n) is 14.2. The van der Waals surface area contributed by atoms with Gasteiger partial charge in [0.05, 0.1) is 0 Å². The quantitative estimate of drug-likeness (QED) is 0.816. The molecule has 0 aliphatic carbocycles. The average Bonchev–Trinajstić information content (AvgIpc) is 2.53. The van der Waals surface area contributed by atoms with Crippen LogP contribution in [0.2, 0.25) is 0 Å². The van der Waals surface area contributed by atoms with Gasteiger partial charge in [0.15, 0.2) is 0 Å². The molecule has 3 heteroatoms. The van der Waals surface area contributed by atoms with Crippen molar-refractivity contribution in [2.45, 2.75) is 39.8 Å². The molecule has 2 aromatic carbocycles. The normalized spacial score (nSPS) is 12.3. The Labute approximate surface area is 138 Å². The van der Waals surface area contributed by atoms with Crippen molar-refractivity contribution in [3.05, 3.63) is 70.8 Å². The van der Waals surface area contributed by atoms with Gasteiger partial charge in [-0.05, 0) is 48.1 Å². The van der Waals surface area contributed by atoms with E-state index in [-0.39, 0.29) is 11.9 Å². The molecule has 122 valence electrons. The lowest BCUT2D eigenvalue weighted by Gasteiger charge is -2.15. The third kappa shape index (κ3) is 5.22. The Morgan fingerprint density at radius 1 is 0.957 bits per heavy atom. The maximum atomic E-state index is 11.1. The van der Waals surface area contributed by atoms with E-state index in [9.17, 15) is 4.79 Å². The Bertz CT molecular complexity index is 630. The Morgan fingerprint density at radius 2 is 1.52 bits per heavy atom. The van der Waals surface area contributed by atoms with Gasteiger partial charge in [0.1, 0.15) is 0 Å². The molecule has 0 heterocycles. The number of hydrogen-bond acceptors (Lipinski definition) is 2. The largest absolute Gasteiger partial charge is 0.366 e. The number of rotatable bonds is 7. The first-order valence-electron chi connectivity index (χ1n) is 8.16. The van der Waals surface area contributed by atoms with Gasteiger partial charge in [-0.2, -0.15) is 0 Å². The Morgan fingerprint density at radius 3 is 2.04 bits per heavy atom. The Hall–Kier alpha value is -2.13. The summed E-state index contributed by atoms with van der Waals surface area (Å²) < 4.78 is 0. The molecule has 2 aromatic rings. The van der Waals surface area contributed by atoms with Gasteiger partial charge in [-0.3, -0.25) is 4.79 Å². The number of nitrogens with two attached hydrogens (primary N) is 1. The molecule has 0 aromatic heterocycles. The summed E-state index contributed by atoms with van der Waals surface area (Å²) in [6.07, 6.45) is 1.12. The minimum atomic E-state index is -0.389. The predicted molar refractivity (Wildman–Crippen MR) is 95.2 cm³/mol. The van der Waals surface area contributed by atoms with Gasteiger partial charge in [0, 0.05) is 18.2 Å². The van der Waals surface area contributed by atoms with Crippen LogP contribution >= 0.6 is 0 Å². The van der Waals surface area contributed by atoms with Crippen LogP contribution in [0.3, 0.4) is 0 Å². The van der Waals surface area contributed by atoms with Gasteiger partial charge in [-0.1, -0.05) is 50.2 Å². The second-order valence-corrected chi connectivity index (χ2v) is 6.50. The molecule has 2 rings (SSSR count). The van der Waals surface area contributed by atoms with Crippen molar-refractivity contribution in [3.8, 4) is 0 Å². The zero-order chi connectivity index (χ0) is 16.8. The molecule has 0 unspecified atom stereocenters. The molecule has 3 N–H and O–H groups in total. The third-order valence-electron chi connectivity index (χ3n) is 3.97. The van der Waals surface area contributed by atoms with E-state index in [0.29, 0.717) is 11.5 Å². The molecule has 0 aliphatic heterocycles. The summed E-state index contributed by atoms with van der Waals surface area (Å²) in [6.45, 7) is 7.40. The van der Waals surface area contributed by atoms with E-state index >= 15 is 0 Å². The van der Waals surface area contributed by atoms with Crippen LogP contribution in [0.1, 0.15) is 53.9 Å². The number of carbonyl (C=O) groups is 1. The topological polar surface area (TPSA) is 55.1 Å². The monoisotopic (exact) mass is 310 g/mol. The van der Waals surface area contributed by atoms with Crippen LogP contribution in [-0.2, 0) is 13.0 Å². The highest BCUT2D eigenvalue weighted by molar-refractivity contribution is 5.92. The minimum Gasteiger partial charge on any atom is -0.366 e. The molecule has 1 amide bonds. The van der Waals surface area contributed by atoms with Crippen molar-refractivity contribution >= 4 is 5.91 Å². The van der Waals surface area contributed by atoms with Crippen molar-refractivity contribution in [1.29, 1.82) is 0 Å². The second-order valence-electron chi connectivity index (χ2n) is 6.50. The van der Waals surface area contributed by atoms with E-state index in [2.05, 4.69) is 50.4 Å². The van der Waals surface area contributed by atoms with Crippen LogP contribution in [0.5, 0.6) is 0 Å². The van der Waals surface area contributed by atoms with E-state index in [0.717, 1.165) is 18.5 Å². The lowest BCUT2D eigenvalue weighted by molar-refractivity contribution is 0.100. The van der Waals surface area contributed by atoms with E-state index in [4.69, 9.17) is 5.73 Å². The molecule has 3 nitrogen and oxygen atoms in total. The molecule has 0 saturated carbocycles. The predicted octanol–water partition coefficient (Wildman–Crippen LogP) is 3.83. The summed E-state index contributed by atoms with van der Waals surface area (Å²) in [5.74, 6) is 0.291. The van der Waals surface area contributed by atoms with Gasteiger partial charge >= 0.3 is 0 Å². The first-order valence-corrected chi connectivity index (χ1v) is 8.16. The third-order valence-corrected chi connectivity index (χ3v) is 3.97. The van der Waals surface area contributed by atoms with Gasteiger partial charge in [0.25, 0.3) is 0 Å². The summed E-state index contributed by atoms with van der Waals surface area (Å²) in [4.78, 5) is 11.1.